The van der Waals surface area contributed by atoms with E-state index < -0.39 is 24.0 Å². The fourth-order valence-corrected chi connectivity index (χ4v) is 2.81. The molecule has 1 heterocycles. The molecule has 0 radical (unpaired) electrons. The maximum absolute atomic E-state index is 11.9. The maximum Gasteiger partial charge on any atom is 0.331 e. The molecule has 1 aromatic heterocycles. The molecule has 1 atom stereocenters. The number of aromatic nitrogens is 1. The Balaban J connectivity index is 1.56. The number of rotatable bonds is 6. The fourth-order valence-electron chi connectivity index (χ4n) is 2.81. The van der Waals surface area contributed by atoms with Gasteiger partial charge in [0.25, 0.3) is 5.91 Å². The molecule has 6 heteroatoms. The van der Waals surface area contributed by atoms with Gasteiger partial charge in [0.15, 0.2) is 6.61 Å². The Labute approximate surface area is 151 Å². The first kappa shape index (κ1) is 17.6. The third-order valence-electron chi connectivity index (χ3n) is 4.43. The Morgan fingerprint density at radius 1 is 1.38 bits per heavy atom. The van der Waals surface area contributed by atoms with Gasteiger partial charge in [0.1, 0.15) is 5.54 Å². The van der Waals surface area contributed by atoms with E-state index in [2.05, 4.69) is 16.4 Å². The highest BCUT2D eigenvalue weighted by molar-refractivity contribution is 5.93. The number of carbonyl (C=O) groups is 2. The number of amides is 1. The molecule has 1 amide bonds. The Morgan fingerprint density at radius 2 is 2.15 bits per heavy atom. The number of ether oxygens (including phenoxy) is 1. The van der Waals surface area contributed by atoms with Gasteiger partial charge in [-0.05, 0) is 37.8 Å². The molecule has 6 nitrogen and oxygen atoms in total. The molecule has 1 N–H and O–H groups in total. The summed E-state index contributed by atoms with van der Waals surface area (Å²) in [6.07, 6.45) is 6.41. The van der Waals surface area contributed by atoms with Gasteiger partial charge in [-0.1, -0.05) is 24.3 Å². The highest BCUT2D eigenvalue weighted by Crippen LogP contribution is 2.39. The molecular weight excluding hydrogens is 330 g/mol. The van der Waals surface area contributed by atoms with Gasteiger partial charge >= 0.3 is 5.97 Å². The van der Waals surface area contributed by atoms with Crippen LogP contribution >= 0.6 is 0 Å². The zero-order valence-corrected chi connectivity index (χ0v) is 14.4. The van der Waals surface area contributed by atoms with E-state index in [1.54, 1.807) is 19.2 Å². The van der Waals surface area contributed by atoms with Crippen LogP contribution in [0, 0.1) is 17.2 Å². The normalized spacial score (nSPS) is 16.0. The number of hydrogen-bond acceptors (Lipinski definition) is 5. The van der Waals surface area contributed by atoms with Gasteiger partial charge in [-0.15, -0.1) is 0 Å². The molecule has 0 bridgehead atoms. The number of para-hydroxylation sites is 1. The van der Waals surface area contributed by atoms with E-state index >= 15 is 0 Å². The lowest BCUT2D eigenvalue weighted by Crippen LogP contribution is -2.48. The van der Waals surface area contributed by atoms with Gasteiger partial charge in [0, 0.05) is 23.2 Å². The minimum atomic E-state index is -0.895. The Kier molecular flexibility index (Phi) is 4.99. The molecule has 1 saturated carbocycles. The molecule has 0 aliphatic heterocycles. The summed E-state index contributed by atoms with van der Waals surface area (Å²) in [4.78, 5) is 28.1. The molecule has 1 aromatic carbocycles. The topological polar surface area (TPSA) is 92.1 Å². The van der Waals surface area contributed by atoms with Gasteiger partial charge in [-0.3, -0.25) is 9.78 Å². The second-order valence-electron chi connectivity index (χ2n) is 6.50. The summed E-state index contributed by atoms with van der Waals surface area (Å²) < 4.78 is 4.96. The first-order valence-electron chi connectivity index (χ1n) is 8.43. The summed E-state index contributed by atoms with van der Waals surface area (Å²) in [7, 11) is 0. The SMILES string of the molecule is CC(C#N)(NC(=O)COC(=O)C=Cc1cccc2cccnc12)C1CC1. The Morgan fingerprint density at radius 3 is 2.88 bits per heavy atom. The molecule has 0 spiro atoms. The lowest BCUT2D eigenvalue weighted by Gasteiger charge is -2.22. The first-order chi connectivity index (χ1) is 12.5. The molecule has 26 heavy (non-hydrogen) atoms. The average molecular weight is 349 g/mol. The van der Waals surface area contributed by atoms with Gasteiger partial charge in [-0.2, -0.15) is 5.26 Å². The Hall–Kier alpha value is -3.20. The van der Waals surface area contributed by atoms with Crippen LogP contribution in [-0.4, -0.2) is 29.0 Å². The molecule has 1 unspecified atom stereocenters. The molecular formula is C20H19N3O3. The number of hydrogen-bond donors (Lipinski definition) is 1. The van der Waals surface area contributed by atoms with Gasteiger partial charge in [-0.25, -0.2) is 4.79 Å². The molecule has 2 aromatic rings. The van der Waals surface area contributed by atoms with Crippen molar-refractivity contribution in [3.63, 3.8) is 0 Å². The number of nitriles is 1. The van der Waals surface area contributed by atoms with Crippen LogP contribution in [0.3, 0.4) is 0 Å². The van der Waals surface area contributed by atoms with Gasteiger partial charge in [0.05, 0.1) is 11.6 Å². The predicted octanol–water partition coefficient (Wildman–Crippen LogP) is 2.60. The van der Waals surface area contributed by atoms with Crippen LogP contribution in [0.4, 0.5) is 0 Å². The monoisotopic (exact) mass is 349 g/mol. The second kappa shape index (κ2) is 7.36. The van der Waals surface area contributed by atoms with Crippen LogP contribution in [-0.2, 0) is 14.3 Å². The standard InChI is InChI=1S/C20H19N3O3/c1-20(13-21,16-8-9-16)23-17(24)12-26-18(25)10-7-15-5-2-4-14-6-3-11-22-19(14)15/h2-7,10-11,16H,8-9,12H2,1H3,(H,23,24). The van der Waals surface area contributed by atoms with Crippen molar-refractivity contribution in [1.82, 2.24) is 10.3 Å². The summed E-state index contributed by atoms with van der Waals surface area (Å²) in [5.74, 6) is -0.932. The van der Waals surface area contributed by atoms with Crippen LogP contribution in [0.1, 0.15) is 25.3 Å². The minimum absolute atomic E-state index is 0.172. The van der Waals surface area contributed by atoms with Crippen LogP contribution in [0.2, 0.25) is 0 Å². The summed E-state index contributed by atoms with van der Waals surface area (Å²) in [5, 5.41) is 12.8. The van der Waals surface area contributed by atoms with Gasteiger partial charge < -0.3 is 10.1 Å². The number of nitrogens with zero attached hydrogens (tertiary/aromatic N) is 2. The Bertz CT molecular complexity index is 907. The highest BCUT2D eigenvalue weighted by Gasteiger charge is 2.43. The number of benzene rings is 1. The van der Waals surface area contributed by atoms with Crippen molar-refractivity contribution in [2.24, 2.45) is 5.92 Å². The minimum Gasteiger partial charge on any atom is -0.452 e. The van der Waals surface area contributed by atoms with Crippen LogP contribution in [0.5, 0.6) is 0 Å². The van der Waals surface area contributed by atoms with E-state index in [-0.39, 0.29) is 5.92 Å². The van der Waals surface area contributed by atoms with E-state index in [0.29, 0.717) is 0 Å². The highest BCUT2D eigenvalue weighted by atomic mass is 16.5. The van der Waals surface area contributed by atoms with Crippen LogP contribution < -0.4 is 5.32 Å². The smallest absolute Gasteiger partial charge is 0.331 e. The summed E-state index contributed by atoms with van der Waals surface area (Å²) in [5.41, 5.74) is 0.676. The first-order valence-corrected chi connectivity index (χ1v) is 8.43. The number of esters is 1. The quantitative estimate of drug-likeness (QED) is 0.639. The second-order valence-corrected chi connectivity index (χ2v) is 6.50. The lowest BCUT2D eigenvalue weighted by atomic mass is 9.98. The van der Waals surface area contributed by atoms with E-state index in [1.165, 1.54) is 6.08 Å². The van der Waals surface area contributed by atoms with Crippen LogP contribution in [0.15, 0.2) is 42.6 Å². The summed E-state index contributed by atoms with van der Waals surface area (Å²) >= 11 is 0. The van der Waals surface area contributed by atoms with E-state index in [1.807, 2.05) is 30.3 Å². The number of carbonyl (C=O) groups excluding carboxylic acids is 2. The van der Waals surface area contributed by atoms with Crippen molar-refractivity contribution in [2.45, 2.75) is 25.3 Å². The third kappa shape index (κ3) is 4.06. The van der Waals surface area contributed by atoms with Crippen molar-refractivity contribution < 1.29 is 14.3 Å². The zero-order chi connectivity index (χ0) is 18.6. The average Bonchev–Trinajstić information content (AvgIpc) is 3.50. The third-order valence-corrected chi connectivity index (χ3v) is 4.43. The van der Waals surface area contributed by atoms with Crippen LogP contribution in [0.25, 0.3) is 17.0 Å². The zero-order valence-electron chi connectivity index (χ0n) is 14.4. The van der Waals surface area contributed by atoms with E-state index in [9.17, 15) is 14.9 Å². The van der Waals surface area contributed by atoms with Crippen molar-refractivity contribution in [3.8, 4) is 6.07 Å². The molecule has 1 aliphatic carbocycles. The molecule has 1 fully saturated rings. The summed E-state index contributed by atoms with van der Waals surface area (Å²) in [6.45, 7) is 1.28. The van der Waals surface area contributed by atoms with Crippen molar-refractivity contribution in [2.75, 3.05) is 6.61 Å². The molecule has 1 aliphatic rings. The molecule has 132 valence electrons. The van der Waals surface area contributed by atoms with E-state index in [4.69, 9.17) is 4.74 Å². The summed E-state index contributed by atoms with van der Waals surface area (Å²) in [6, 6.07) is 11.6. The van der Waals surface area contributed by atoms with Gasteiger partial charge in [0.2, 0.25) is 0 Å². The number of nitrogens with one attached hydrogen (secondary N) is 1. The largest absolute Gasteiger partial charge is 0.452 e. The molecule has 0 saturated heterocycles. The van der Waals surface area contributed by atoms with Crippen molar-refractivity contribution in [3.05, 3.63) is 48.2 Å². The maximum atomic E-state index is 11.9. The van der Waals surface area contributed by atoms with E-state index in [0.717, 1.165) is 29.3 Å². The fraction of sp³-hybridized carbons (Fsp3) is 0.300. The predicted molar refractivity (Wildman–Crippen MR) is 96.6 cm³/mol. The number of pyridine rings is 1. The lowest BCUT2D eigenvalue weighted by molar-refractivity contribution is -0.144. The van der Waals surface area contributed by atoms with Crippen molar-refractivity contribution >= 4 is 28.9 Å². The van der Waals surface area contributed by atoms with Crippen molar-refractivity contribution in [1.29, 1.82) is 5.26 Å². The molecule has 3 rings (SSSR count). The number of fused-ring (bicyclic) bond motifs is 1.